The molecule has 1 saturated heterocycles. The smallest absolute Gasteiger partial charge is 0.321 e. The Morgan fingerprint density at radius 1 is 1.27 bits per heavy atom. The molecule has 2 heterocycles. The Hall–Kier alpha value is -2.58. The molecule has 2 aromatic rings. The molecule has 138 valence electrons. The Morgan fingerprint density at radius 2 is 2.12 bits per heavy atom. The molecule has 0 amide bonds. The number of nitrogens with two attached hydrogens (primary N) is 1. The molecule has 0 spiro atoms. The van der Waals surface area contributed by atoms with Gasteiger partial charge in [-0.2, -0.15) is 15.0 Å². The molecule has 1 aliphatic rings. The zero-order chi connectivity index (χ0) is 18.2. The van der Waals surface area contributed by atoms with E-state index in [1.54, 1.807) is 6.21 Å². The molecule has 1 aromatic carbocycles. The van der Waals surface area contributed by atoms with E-state index in [1.165, 1.54) is 5.56 Å². The highest BCUT2D eigenvalue weighted by Crippen LogP contribution is 2.07. The monoisotopic (exact) mass is 356 g/mol. The van der Waals surface area contributed by atoms with Crippen LogP contribution in [0.5, 0.6) is 6.01 Å². The molecule has 3 rings (SSSR count). The first kappa shape index (κ1) is 18.2. The van der Waals surface area contributed by atoms with Gasteiger partial charge in [0.1, 0.15) is 6.61 Å². The number of benzene rings is 1. The number of nitrogen functional groups attached to an aromatic ring is 1. The quantitative estimate of drug-likeness (QED) is 0.742. The van der Waals surface area contributed by atoms with E-state index in [9.17, 15) is 0 Å². The molecule has 0 bridgehead atoms. The van der Waals surface area contributed by atoms with Crippen molar-refractivity contribution in [1.29, 1.82) is 0 Å². The van der Waals surface area contributed by atoms with E-state index in [-0.39, 0.29) is 12.0 Å². The number of aliphatic imine (C=N–C) groups is 1. The van der Waals surface area contributed by atoms with Crippen LogP contribution in [0.4, 0.5) is 5.95 Å². The average molecular weight is 356 g/mol. The average Bonchev–Trinajstić information content (AvgIpc) is 2.62. The lowest BCUT2D eigenvalue weighted by Crippen LogP contribution is -2.38. The third-order valence-electron chi connectivity index (χ3n) is 3.94. The molecule has 0 atom stereocenters. The molecular formula is C18H24N6O2. The van der Waals surface area contributed by atoms with Crippen LogP contribution in [0.15, 0.2) is 29.3 Å². The van der Waals surface area contributed by atoms with Crippen molar-refractivity contribution in [1.82, 2.24) is 19.9 Å². The van der Waals surface area contributed by atoms with Crippen LogP contribution in [0, 0.1) is 6.92 Å². The van der Waals surface area contributed by atoms with Gasteiger partial charge in [0.2, 0.25) is 5.95 Å². The van der Waals surface area contributed by atoms with Gasteiger partial charge in [0, 0.05) is 25.8 Å². The number of nitrogens with zero attached hydrogens (tertiary/aromatic N) is 5. The van der Waals surface area contributed by atoms with Gasteiger partial charge in [-0.15, -0.1) is 0 Å². The van der Waals surface area contributed by atoms with Crippen molar-refractivity contribution in [2.24, 2.45) is 4.99 Å². The summed E-state index contributed by atoms with van der Waals surface area (Å²) in [5, 5.41) is 0. The minimum absolute atomic E-state index is 0.141. The standard InChI is InChI=1S/C18H24N6O2/c1-14-3-2-4-15(11-14)12-20-13-16-21-17(19)23-18(22-16)26-10-7-24-5-8-25-9-6-24/h2-4,11-12H,5-10,13H2,1H3,(H2,19,21,22,23). The maximum atomic E-state index is 5.76. The third-order valence-corrected chi connectivity index (χ3v) is 3.94. The van der Waals surface area contributed by atoms with E-state index in [2.05, 4.69) is 30.9 Å². The maximum Gasteiger partial charge on any atom is 0.321 e. The summed E-state index contributed by atoms with van der Waals surface area (Å²) in [5.41, 5.74) is 7.98. The Labute approximate surface area is 153 Å². The van der Waals surface area contributed by atoms with Gasteiger partial charge in [0.05, 0.1) is 19.8 Å². The first-order chi connectivity index (χ1) is 12.7. The van der Waals surface area contributed by atoms with E-state index >= 15 is 0 Å². The van der Waals surface area contributed by atoms with Crippen LogP contribution in [0.1, 0.15) is 17.0 Å². The summed E-state index contributed by atoms with van der Waals surface area (Å²) >= 11 is 0. The summed E-state index contributed by atoms with van der Waals surface area (Å²) in [7, 11) is 0. The van der Waals surface area contributed by atoms with E-state index in [1.807, 2.05) is 25.1 Å². The van der Waals surface area contributed by atoms with Crippen LogP contribution >= 0.6 is 0 Å². The number of ether oxygens (including phenoxy) is 2. The molecule has 26 heavy (non-hydrogen) atoms. The minimum Gasteiger partial charge on any atom is -0.462 e. The highest BCUT2D eigenvalue weighted by atomic mass is 16.5. The number of hydrogen-bond donors (Lipinski definition) is 1. The van der Waals surface area contributed by atoms with Gasteiger partial charge in [0.15, 0.2) is 5.82 Å². The lowest BCUT2D eigenvalue weighted by molar-refractivity contribution is 0.0317. The molecular weight excluding hydrogens is 332 g/mol. The number of hydrogen-bond acceptors (Lipinski definition) is 8. The molecule has 1 aromatic heterocycles. The van der Waals surface area contributed by atoms with E-state index in [0.29, 0.717) is 19.0 Å². The van der Waals surface area contributed by atoms with Crippen molar-refractivity contribution < 1.29 is 9.47 Å². The summed E-state index contributed by atoms with van der Waals surface area (Å²) in [6, 6.07) is 8.35. The predicted octanol–water partition coefficient (Wildman–Crippen LogP) is 1.09. The van der Waals surface area contributed by atoms with Crippen LogP contribution in [-0.4, -0.2) is 65.5 Å². The zero-order valence-electron chi connectivity index (χ0n) is 15.0. The van der Waals surface area contributed by atoms with Crippen LogP contribution in [0.2, 0.25) is 0 Å². The molecule has 0 aliphatic carbocycles. The van der Waals surface area contributed by atoms with Gasteiger partial charge >= 0.3 is 6.01 Å². The third kappa shape index (κ3) is 5.75. The van der Waals surface area contributed by atoms with Crippen LogP contribution in [0.25, 0.3) is 0 Å². The van der Waals surface area contributed by atoms with Crippen LogP contribution in [-0.2, 0) is 11.3 Å². The first-order valence-electron chi connectivity index (χ1n) is 8.69. The highest BCUT2D eigenvalue weighted by Gasteiger charge is 2.11. The second-order valence-corrected chi connectivity index (χ2v) is 6.08. The Kier molecular flexibility index (Phi) is 6.45. The van der Waals surface area contributed by atoms with Gasteiger partial charge in [0.25, 0.3) is 0 Å². The highest BCUT2D eigenvalue weighted by molar-refractivity contribution is 5.79. The Balaban J connectivity index is 1.53. The second-order valence-electron chi connectivity index (χ2n) is 6.08. The van der Waals surface area contributed by atoms with Crippen molar-refractivity contribution >= 4 is 12.2 Å². The fraction of sp³-hybridized carbons (Fsp3) is 0.444. The maximum absolute atomic E-state index is 5.76. The van der Waals surface area contributed by atoms with Gasteiger partial charge in [-0.05, 0) is 12.5 Å². The summed E-state index contributed by atoms with van der Waals surface area (Å²) in [4.78, 5) is 19.1. The molecule has 0 unspecified atom stereocenters. The Bertz CT molecular complexity index is 746. The summed E-state index contributed by atoms with van der Waals surface area (Å²) in [6.07, 6.45) is 1.80. The van der Waals surface area contributed by atoms with Crippen molar-refractivity contribution in [2.75, 3.05) is 45.2 Å². The molecule has 8 nitrogen and oxygen atoms in total. The van der Waals surface area contributed by atoms with Crippen LogP contribution < -0.4 is 10.5 Å². The largest absolute Gasteiger partial charge is 0.462 e. The summed E-state index contributed by atoms with van der Waals surface area (Å²) in [6.45, 7) is 7.03. The second kappa shape index (κ2) is 9.21. The van der Waals surface area contributed by atoms with Crippen molar-refractivity contribution in [2.45, 2.75) is 13.5 Å². The van der Waals surface area contributed by atoms with Gasteiger partial charge in [-0.1, -0.05) is 29.8 Å². The van der Waals surface area contributed by atoms with E-state index in [4.69, 9.17) is 15.2 Å². The Morgan fingerprint density at radius 3 is 2.92 bits per heavy atom. The van der Waals surface area contributed by atoms with Crippen molar-refractivity contribution in [3.05, 3.63) is 41.2 Å². The van der Waals surface area contributed by atoms with Crippen LogP contribution in [0.3, 0.4) is 0 Å². The van der Waals surface area contributed by atoms with Crippen molar-refractivity contribution in [3.8, 4) is 6.01 Å². The van der Waals surface area contributed by atoms with E-state index < -0.39 is 0 Å². The fourth-order valence-corrected chi connectivity index (χ4v) is 2.62. The molecule has 1 aliphatic heterocycles. The zero-order valence-corrected chi connectivity index (χ0v) is 15.0. The lowest BCUT2D eigenvalue weighted by atomic mass is 10.2. The fourth-order valence-electron chi connectivity index (χ4n) is 2.62. The van der Waals surface area contributed by atoms with E-state index in [0.717, 1.165) is 38.4 Å². The number of rotatable bonds is 7. The van der Waals surface area contributed by atoms with Gasteiger partial charge in [-0.3, -0.25) is 9.89 Å². The number of anilines is 1. The van der Waals surface area contributed by atoms with Crippen molar-refractivity contribution in [3.63, 3.8) is 0 Å². The molecule has 2 N–H and O–H groups in total. The predicted molar refractivity (Wildman–Crippen MR) is 99.5 cm³/mol. The SMILES string of the molecule is Cc1cccc(C=NCc2nc(N)nc(OCCN3CCOCC3)n2)c1. The molecule has 8 heteroatoms. The molecule has 0 saturated carbocycles. The van der Waals surface area contributed by atoms with Gasteiger partial charge < -0.3 is 15.2 Å². The number of morpholine rings is 1. The molecule has 1 fully saturated rings. The lowest BCUT2D eigenvalue weighted by Gasteiger charge is -2.26. The first-order valence-corrected chi connectivity index (χ1v) is 8.69. The topological polar surface area (TPSA) is 98.8 Å². The minimum atomic E-state index is 0.141. The number of aromatic nitrogens is 3. The van der Waals surface area contributed by atoms with Gasteiger partial charge in [-0.25, -0.2) is 0 Å². The summed E-state index contributed by atoms with van der Waals surface area (Å²) < 4.78 is 11.0. The summed E-state index contributed by atoms with van der Waals surface area (Å²) in [5.74, 6) is 0.630. The number of aryl methyl sites for hydroxylation is 1. The normalized spacial score (nSPS) is 15.4. The molecule has 0 radical (unpaired) electrons.